The van der Waals surface area contributed by atoms with Crippen molar-refractivity contribution in [3.8, 4) is 0 Å². The molecule has 1 N–H and O–H groups in total. The van der Waals surface area contributed by atoms with Crippen LogP contribution in [-0.4, -0.2) is 30.8 Å². The van der Waals surface area contributed by atoms with E-state index in [9.17, 15) is 9.59 Å². The highest BCUT2D eigenvalue weighted by molar-refractivity contribution is 5.94. The minimum absolute atomic E-state index is 0.119. The Hall–Kier alpha value is -2.82. The van der Waals surface area contributed by atoms with Crippen molar-refractivity contribution in [2.45, 2.75) is 6.54 Å². The molecule has 2 rings (SSSR count). The Morgan fingerprint density at radius 3 is 2.55 bits per heavy atom. The van der Waals surface area contributed by atoms with Gasteiger partial charge >= 0.3 is 0 Å². The number of furan rings is 1. The fourth-order valence-electron chi connectivity index (χ4n) is 1.92. The van der Waals surface area contributed by atoms with Crippen LogP contribution in [0.1, 0.15) is 21.7 Å². The number of hydrogen-bond acceptors (Lipinski definition) is 3. The van der Waals surface area contributed by atoms with E-state index in [1.165, 1.54) is 6.08 Å². The molecule has 0 unspecified atom stereocenters. The van der Waals surface area contributed by atoms with Crippen LogP contribution in [0.15, 0.2) is 53.2 Å². The van der Waals surface area contributed by atoms with Crippen LogP contribution in [0.4, 0.5) is 0 Å². The molecular formula is C17H18N2O3. The number of hydrogen-bond donors (Lipinski definition) is 1. The third-order valence-electron chi connectivity index (χ3n) is 3.17. The Bertz CT molecular complexity index is 658. The molecule has 0 aliphatic heterocycles. The quantitative estimate of drug-likeness (QED) is 0.862. The number of benzene rings is 1. The molecule has 1 aromatic carbocycles. The van der Waals surface area contributed by atoms with Gasteiger partial charge in [0.2, 0.25) is 5.91 Å². The van der Waals surface area contributed by atoms with Crippen LogP contribution in [0.3, 0.4) is 0 Å². The van der Waals surface area contributed by atoms with E-state index < -0.39 is 0 Å². The SMILES string of the molecule is CNC(=O)c1ccc(CN(C)C(=O)/C=C/c2ccco2)cc1. The van der Waals surface area contributed by atoms with Gasteiger partial charge < -0.3 is 14.6 Å². The van der Waals surface area contributed by atoms with Gasteiger partial charge in [0.25, 0.3) is 5.91 Å². The first kappa shape index (κ1) is 15.6. The second-order valence-electron chi connectivity index (χ2n) is 4.82. The Kier molecular flexibility index (Phi) is 5.14. The predicted molar refractivity (Wildman–Crippen MR) is 84.0 cm³/mol. The maximum atomic E-state index is 12.0. The average molecular weight is 298 g/mol. The van der Waals surface area contributed by atoms with Crippen LogP contribution in [0.25, 0.3) is 6.08 Å². The minimum atomic E-state index is -0.127. The third kappa shape index (κ3) is 4.09. The van der Waals surface area contributed by atoms with Gasteiger partial charge in [-0.2, -0.15) is 0 Å². The summed E-state index contributed by atoms with van der Waals surface area (Å²) in [6.45, 7) is 0.468. The lowest BCUT2D eigenvalue weighted by molar-refractivity contribution is -0.125. The van der Waals surface area contributed by atoms with Gasteiger partial charge in [-0.25, -0.2) is 0 Å². The van der Waals surface area contributed by atoms with Crippen molar-refractivity contribution < 1.29 is 14.0 Å². The molecule has 1 heterocycles. The Balaban J connectivity index is 1.94. The van der Waals surface area contributed by atoms with E-state index in [0.29, 0.717) is 17.9 Å². The summed E-state index contributed by atoms with van der Waals surface area (Å²) in [5, 5.41) is 2.57. The molecule has 0 spiro atoms. The van der Waals surface area contributed by atoms with E-state index in [2.05, 4.69) is 5.32 Å². The molecule has 0 saturated heterocycles. The first-order valence-electron chi connectivity index (χ1n) is 6.88. The number of nitrogens with one attached hydrogen (secondary N) is 1. The molecule has 0 aliphatic carbocycles. The van der Waals surface area contributed by atoms with Gasteiger partial charge in [-0.05, 0) is 35.9 Å². The highest BCUT2D eigenvalue weighted by Crippen LogP contribution is 2.08. The van der Waals surface area contributed by atoms with E-state index >= 15 is 0 Å². The zero-order valence-corrected chi connectivity index (χ0v) is 12.6. The molecular weight excluding hydrogens is 280 g/mol. The normalized spacial score (nSPS) is 10.6. The van der Waals surface area contributed by atoms with Crippen molar-refractivity contribution in [1.82, 2.24) is 10.2 Å². The number of nitrogens with zero attached hydrogens (tertiary/aromatic N) is 1. The Morgan fingerprint density at radius 2 is 1.95 bits per heavy atom. The van der Waals surface area contributed by atoms with E-state index in [0.717, 1.165) is 5.56 Å². The largest absolute Gasteiger partial charge is 0.465 e. The summed E-state index contributed by atoms with van der Waals surface area (Å²) in [5.41, 5.74) is 1.55. The molecule has 0 bridgehead atoms. The van der Waals surface area contributed by atoms with Crippen LogP contribution in [-0.2, 0) is 11.3 Å². The zero-order valence-electron chi connectivity index (χ0n) is 12.6. The monoisotopic (exact) mass is 298 g/mol. The van der Waals surface area contributed by atoms with Crippen LogP contribution >= 0.6 is 0 Å². The molecule has 0 saturated carbocycles. The topological polar surface area (TPSA) is 62.6 Å². The Labute approximate surface area is 129 Å². The average Bonchev–Trinajstić information content (AvgIpc) is 3.06. The van der Waals surface area contributed by atoms with Crippen molar-refractivity contribution in [3.63, 3.8) is 0 Å². The molecule has 2 aromatic rings. The molecule has 0 fully saturated rings. The maximum Gasteiger partial charge on any atom is 0.251 e. The first-order valence-corrected chi connectivity index (χ1v) is 6.88. The number of carbonyl (C=O) groups is 2. The van der Waals surface area contributed by atoms with Gasteiger partial charge in [0, 0.05) is 32.3 Å². The molecule has 1 aromatic heterocycles. The highest BCUT2D eigenvalue weighted by atomic mass is 16.3. The van der Waals surface area contributed by atoms with Crippen molar-refractivity contribution in [3.05, 3.63) is 65.6 Å². The van der Waals surface area contributed by atoms with Gasteiger partial charge in [-0.1, -0.05) is 12.1 Å². The summed E-state index contributed by atoms with van der Waals surface area (Å²) in [6.07, 6.45) is 4.66. The summed E-state index contributed by atoms with van der Waals surface area (Å²) in [7, 11) is 3.31. The van der Waals surface area contributed by atoms with Gasteiger partial charge in [0.1, 0.15) is 5.76 Å². The lowest BCUT2D eigenvalue weighted by atomic mass is 10.1. The summed E-state index contributed by atoms with van der Waals surface area (Å²) < 4.78 is 5.13. The third-order valence-corrected chi connectivity index (χ3v) is 3.17. The highest BCUT2D eigenvalue weighted by Gasteiger charge is 2.07. The van der Waals surface area contributed by atoms with Crippen molar-refractivity contribution in [2.75, 3.05) is 14.1 Å². The zero-order chi connectivity index (χ0) is 15.9. The lowest BCUT2D eigenvalue weighted by Gasteiger charge is -2.15. The fourth-order valence-corrected chi connectivity index (χ4v) is 1.92. The van der Waals surface area contributed by atoms with Gasteiger partial charge in [0.15, 0.2) is 0 Å². The Morgan fingerprint density at radius 1 is 1.23 bits per heavy atom. The summed E-state index contributed by atoms with van der Waals surface area (Å²) in [6, 6.07) is 10.7. The first-order chi connectivity index (χ1) is 10.6. The summed E-state index contributed by atoms with van der Waals surface area (Å²) >= 11 is 0. The number of amides is 2. The fraction of sp³-hybridized carbons (Fsp3) is 0.176. The van der Waals surface area contributed by atoms with Gasteiger partial charge in [-0.15, -0.1) is 0 Å². The predicted octanol–water partition coefficient (Wildman–Crippen LogP) is 2.31. The van der Waals surface area contributed by atoms with Crippen LogP contribution < -0.4 is 5.32 Å². The molecule has 22 heavy (non-hydrogen) atoms. The van der Waals surface area contributed by atoms with Gasteiger partial charge in [0.05, 0.1) is 6.26 Å². The maximum absolute atomic E-state index is 12.0. The van der Waals surface area contributed by atoms with E-state index in [-0.39, 0.29) is 11.8 Å². The minimum Gasteiger partial charge on any atom is -0.465 e. The van der Waals surface area contributed by atoms with E-state index in [1.807, 2.05) is 12.1 Å². The van der Waals surface area contributed by atoms with Crippen molar-refractivity contribution in [1.29, 1.82) is 0 Å². The number of likely N-dealkylation sites (N-methyl/N-ethyl adjacent to an activating group) is 1. The van der Waals surface area contributed by atoms with Crippen LogP contribution in [0.2, 0.25) is 0 Å². The van der Waals surface area contributed by atoms with E-state index in [1.54, 1.807) is 55.6 Å². The molecule has 0 radical (unpaired) electrons. The molecule has 5 nitrogen and oxygen atoms in total. The van der Waals surface area contributed by atoms with Crippen molar-refractivity contribution in [2.24, 2.45) is 0 Å². The standard InChI is InChI=1S/C17H18N2O3/c1-18-17(21)14-7-5-13(6-8-14)12-19(2)16(20)10-9-15-4-3-11-22-15/h3-11H,12H2,1-2H3,(H,18,21)/b10-9+. The molecule has 2 amide bonds. The second kappa shape index (κ2) is 7.26. The molecule has 114 valence electrons. The van der Waals surface area contributed by atoms with Crippen molar-refractivity contribution >= 4 is 17.9 Å². The molecule has 5 heteroatoms. The van der Waals surface area contributed by atoms with Gasteiger partial charge in [-0.3, -0.25) is 9.59 Å². The smallest absolute Gasteiger partial charge is 0.251 e. The van der Waals surface area contributed by atoms with Crippen LogP contribution in [0.5, 0.6) is 0 Å². The second-order valence-corrected chi connectivity index (χ2v) is 4.82. The van der Waals surface area contributed by atoms with Crippen LogP contribution in [0, 0.1) is 0 Å². The number of rotatable bonds is 5. The van der Waals surface area contributed by atoms with E-state index in [4.69, 9.17) is 4.42 Å². The summed E-state index contributed by atoms with van der Waals surface area (Å²) in [5.74, 6) is 0.390. The lowest BCUT2D eigenvalue weighted by Crippen LogP contribution is -2.24. The number of carbonyl (C=O) groups excluding carboxylic acids is 2. The molecule has 0 aliphatic rings. The summed E-state index contributed by atoms with van der Waals surface area (Å²) in [4.78, 5) is 25.0. The molecule has 0 atom stereocenters.